The van der Waals surface area contributed by atoms with Crippen molar-refractivity contribution in [1.82, 2.24) is 15.2 Å². The Kier molecular flexibility index (Phi) is 6.73. The first-order chi connectivity index (χ1) is 14.2. The van der Waals surface area contributed by atoms with Crippen molar-refractivity contribution in [1.29, 1.82) is 0 Å². The van der Waals surface area contributed by atoms with Gasteiger partial charge in [-0.3, -0.25) is 4.79 Å². The molecule has 0 aliphatic rings. The Bertz CT molecular complexity index is 1030. The first kappa shape index (κ1) is 22.2. The fourth-order valence-corrected chi connectivity index (χ4v) is 3.67. The summed E-state index contributed by atoms with van der Waals surface area (Å²) in [5.74, 6) is -0.783. The van der Waals surface area contributed by atoms with E-state index in [2.05, 4.69) is 10.3 Å². The van der Waals surface area contributed by atoms with Crippen molar-refractivity contribution in [3.63, 3.8) is 0 Å². The molecule has 3 aromatic rings. The van der Waals surface area contributed by atoms with Crippen LogP contribution in [0.15, 0.2) is 48.7 Å². The number of carbonyl (C=O) groups is 1. The predicted octanol–water partition coefficient (Wildman–Crippen LogP) is 5.04. The van der Waals surface area contributed by atoms with Crippen LogP contribution in [0.2, 0.25) is 5.02 Å². The largest absolute Gasteiger partial charge is 0.417 e. The minimum Gasteiger partial charge on any atom is -0.361 e. The van der Waals surface area contributed by atoms with Crippen molar-refractivity contribution in [3.05, 3.63) is 70.4 Å². The maximum atomic E-state index is 13.4. The Morgan fingerprint density at radius 3 is 2.63 bits per heavy atom. The van der Waals surface area contributed by atoms with E-state index in [9.17, 15) is 18.0 Å². The van der Waals surface area contributed by atoms with Gasteiger partial charge in [0.2, 0.25) is 5.91 Å². The summed E-state index contributed by atoms with van der Waals surface area (Å²) >= 11 is 5.80. The zero-order chi connectivity index (χ0) is 21.9. The lowest BCUT2D eigenvalue weighted by atomic mass is 9.87. The smallest absolute Gasteiger partial charge is 0.361 e. The van der Waals surface area contributed by atoms with Gasteiger partial charge in [0, 0.05) is 42.5 Å². The molecule has 0 saturated heterocycles. The van der Waals surface area contributed by atoms with E-state index in [1.165, 1.54) is 6.07 Å². The van der Waals surface area contributed by atoms with Crippen LogP contribution in [0.4, 0.5) is 13.2 Å². The van der Waals surface area contributed by atoms with Gasteiger partial charge in [0.15, 0.2) is 0 Å². The molecule has 30 heavy (non-hydrogen) atoms. The first-order valence-electron chi connectivity index (χ1n) is 9.51. The number of amides is 1. The zero-order valence-corrected chi connectivity index (χ0v) is 17.4. The van der Waals surface area contributed by atoms with E-state index in [0.29, 0.717) is 18.7 Å². The molecule has 0 fully saturated rings. The van der Waals surface area contributed by atoms with Gasteiger partial charge in [-0.1, -0.05) is 35.9 Å². The van der Waals surface area contributed by atoms with E-state index in [4.69, 9.17) is 11.6 Å². The third kappa shape index (κ3) is 5.15. The lowest BCUT2D eigenvalue weighted by Gasteiger charge is -2.20. The standard InChI is InChI=1S/C22H23ClF3N3O/c1-29(2)10-9-27-21(30)12-16(17-13-28-20-6-4-3-5-15(17)20)14-7-8-19(23)18(11-14)22(24,25)26/h3-8,11,13,16,28H,9-10,12H2,1-2H3,(H,27,30). The highest BCUT2D eigenvalue weighted by molar-refractivity contribution is 6.31. The van der Waals surface area contributed by atoms with Gasteiger partial charge in [0.25, 0.3) is 0 Å². The highest BCUT2D eigenvalue weighted by Gasteiger charge is 2.34. The molecule has 0 aliphatic heterocycles. The Balaban J connectivity index is 1.99. The molecule has 160 valence electrons. The summed E-state index contributed by atoms with van der Waals surface area (Å²) < 4.78 is 40.3. The number of aromatic nitrogens is 1. The number of para-hydroxylation sites is 1. The van der Waals surface area contributed by atoms with Crippen LogP contribution in [0.1, 0.15) is 29.0 Å². The van der Waals surface area contributed by atoms with Crippen molar-refractivity contribution >= 4 is 28.4 Å². The average molecular weight is 438 g/mol. The lowest BCUT2D eigenvalue weighted by Crippen LogP contribution is -2.32. The quantitative estimate of drug-likeness (QED) is 0.544. The second-order valence-corrected chi connectivity index (χ2v) is 7.84. The SMILES string of the molecule is CN(C)CCNC(=O)CC(c1ccc(Cl)c(C(F)(F)F)c1)c1c[nH]c2ccccc12. The lowest BCUT2D eigenvalue weighted by molar-refractivity contribution is -0.137. The molecular weight excluding hydrogens is 415 g/mol. The van der Waals surface area contributed by atoms with Crippen LogP contribution in [0.5, 0.6) is 0 Å². The monoisotopic (exact) mass is 437 g/mol. The fraction of sp³-hybridized carbons (Fsp3) is 0.318. The van der Waals surface area contributed by atoms with Gasteiger partial charge < -0.3 is 15.2 Å². The number of hydrogen-bond donors (Lipinski definition) is 2. The van der Waals surface area contributed by atoms with Crippen molar-refractivity contribution < 1.29 is 18.0 Å². The maximum absolute atomic E-state index is 13.4. The van der Waals surface area contributed by atoms with Crippen LogP contribution in [0, 0.1) is 0 Å². The zero-order valence-electron chi connectivity index (χ0n) is 16.7. The van der Waals surface area contributed by atoms with Crippen molar-refractivity contribution in [3.8, 4) is 0 Å². The summed E-state index contributed by atoms with van der Waals surface area (Å²) in [5.41, 5.74) is 1.11. The summed E-state index contributed by atoms with van der Waals surface area (Å²) in [6, 6.07) is 11.3. The fourth-order valence-electron chi connectivity index (χ4n) is 3.44. The van der Waals surface area contributed by atoms with Crippen LogP contribution >= 0.6 is 11.6 Å². The number of alkyl halides is 3. The van der Waals surface area contributed by atoms with Crippen molar-refractivity contribution in [2.45, 2.75) is 18.5 Å². The molecule has 3 rings (SSSR count). The second-order valence-electron chi connectivity index (χ2n) is 7.44. The number of fused-ring (bicyclic) bond motifs is 1. The molecule has 0 aliphatic carbocycles. The molecule has 1 unspecified atom stereocenters. The van der Waals surface area contributed by atoms with Crippen molar-refractivity contribution in [2.75, 3.05) is 27.2 Å². The minimum atomic E-state index is -4.58. The number of H-pyrrole nitrogens is 1. The van der Waals surface area contributed by atoms with Gasteiger partial charge in [-0.15, -0.1) is 0 Å². The number of hydrogen-bond acceptors (Lipinski definition) is 2. The molecule has 1 atom stereocenters. The van der Waals surface area contributed by atoms with Crippen LogP contribution in [-0.4, -0.2) is 43.0 Å². The number of carbonyl (C=O) groups excluding carboxylic acids is 1. The first-order valence-corrected chi connectivity index (χ1v) is 9.88. The maximum Gasteiger partial charge on any atom is 0.417 e. The van der Waals surface area contributed by atoms with Gasteiger partial charge >= 0.3 is 6.18 Å². The molecule has 0 bridgehead atoms. The number of likely N-dealkylation sites (N-methyl/N-ethyl adjacent to an activating group) is 1. The molecule has 2 aromatic carbocycles. The summed E-state index contributed by atoms with van der Waals surface area (Å²) in [4.78, 5) is 17.7. The van der Waals surface area contributed by atoms with Gasteiger partial charge in [-0.2, -0.15) is 13.2 Å². The average Bonchev–Trinajstić information content (AvgIpc) is 3.09. The van der Waals surface area contributed by atoms with Gasteiger partial charge in [0.05, 0.1) is 10.6 Å². The topological polar surface area (TPSA) is 48.1 Å². The predicted molar refractivity (Wildman–Crippen MR) is 113 cm³/mol. The molecule has 0 radical (unpaired) electrons. The molecular formula is C22H23ClF3N3O. The third-order valence-corrected chi connectivity index (χ3v) is 5.30. The van der Waals surface area contributed by atoms with Crippen molar-refractivity contribution in [2.24, 2.45) is 0 Å². The van der Waals surface area contributed by atoms with Gasteiger partial charge in [-0.05, 0) is 43.4 Å². The van der Waals surface area contributed by atoms with E-state index >= 15 is 0 Å². The summed E-state index contributed by atoms with van der Waals surface area (Å²) in [7, 11) is 3.79. The van der Waals surface area contributed by atoms with Crippen LogP contribution in [0.25, 0.3) is 10.9 Å². The molecule has 4 nitrogen and oxygen atoms in total. The second kappa shape index (κ2) is 9.10. The summed E-state index contributed by atoms with van der Waals surface area (Å²) in [6.07, 6.45) is -2.80. The Hall–Kier alpha value is -2.51. The summed E-state index contributed by atoms with van der Waals surface area (Å²) in [5, 5.41) is 3.35. The van der Waals surface area contributed by atoms with E-state index in [-0.39, 0.29) is 17.4 Å². The van der Waals surface area contributed by atoms with Gasteiger partial charge in [-0.25, -0.2) is 0 Å². The van der Waals surface area contributed by atoms with Crippen LogP contribution < -0.4 is 5.32 Å². The van der Waals surface area contributed by atoms with E-state index in [1.54, 1.807) is 12.3 Å². The number of halogens is 4. The molecule has 1 aromatic heterocycles. The number of benzene rings is 2. The summed E-state index contributed by atoms with van der Waals surface area (Å²) in [6.45, 7) is 1.13. The normalized spacial score (nSPS) is 13.0. The Morgan fingerprint density at radius 2 is 1.93 bits per heavy atom. The molecule has 8 heteroatoms. The van der Waals surface area contributed by atoms with E-state index < -0.39 is 17.7 Å². The Morgan fingerprint density at radius 1 is 1.20 bits per heavy atom. The molecule has 1 amide bonds. The molecule has 0 spiro atoms. The van der Waals surface area contributed by atoms with Gasteiger partial charge in [0.1, 0.15) is 0 Å². The molecule has 1 heterocycles. The van der Waals surface area contributed by atoms with E-state index in [1.807, 2.05) is 43.3 Å². The number of nitrogens with one attached hydrogen (secondary N) is 2. The Labute approximate surface area is 178 Å². The number of nitrogens with zero attached hydrogens (tertiary/aromatic N) is 1. The minimum absolute atomic E-state index is 0.0220. The third-order valence-electron chi connectivity index (χ3n) is 4.97. The van der Waals surface area contributed by atoms with Crippen LogP contribution in [-0.2, 0) is 11.0 Å². The molecule has 0 saturated carbocycles. The highest BCUT2D eigenvalue weighted by atomic mass is 35.5. The number of aromatic amines is 1. The molecule has 2 N–H and O–H groups in total. The number of rotatable bonds is 7. The van der Waals surface area contributed by atoms with E-state index in [0.717, 1.165) is 22.5 Å². The van der Waals surface area contributed by atoms with Crippen LogP contribution in [0.3, 0.4) is 0 Å². The highest BCUT2D eigenvalue weighted by Crippen LogP contribution is 2.39.